The molecular weight excluding hydrogens is 102 g/mol. The molecule has 0 saturated carbocycles. The molecule has 0 heterocycles. The zero-order valence-corrected chi connectivity index (χ0v) is 6.00. The summed E-state index contributed by atoms with van der Waals surface area (Å²) >= 11 is 0. The van der Waals surface area contributed by atoms with Crippen LogP contribution in [0.5, 0.6) is 0 Å². The third-order valence-electron chi connectivity index (χ3n) is 0.375. The van der Waals surface area contributed by atoms with Gasteiger partial charge in [0.05, 0.1) is 5.84 Å². The van der Waals surface area contributed by atoms with Gasteiger partial charge >= 0.3 is 0 Å². The van der Waals surface area contributed by atoms with E-state index in [1.807, 2.05) is 14.1 Å². The molecule has 0 aromatic heterocycles. The highest BCUT2D eigenvalue weighted by molar-refractivity contribution is 5.75. The second-order valence-corrected chi connectivity index (χ2v) is 1.38. The molecule has 0 unspecified atom stereocenters. The van der Waals surface area contributed by atoms with E-state index in [9.17, 15) is 0 Å². The van der Waals surface area contributed by atoms with Gasteiger partial charge in [-0.3, -0.25) is 5.41 Å². The van der Waals surface area contributed by atoms with Crippen LogP contribution in [0.3, 0.4) is 0 Å². The van der Waals surface area contributed by atoms with E-state index in [1.54, 1.807) is 14.0 Å². The largest absolute Gasteiger partial charge is 0.377 e. The maximum atomic E-state index is 6.63. The van der Waals surface area contributed by atoms with E-state index in [0.717, 1.165) is 0 Å². The quantitative estimate of drug-likeness (QED) is 0.310. The first kappa shape index (κ1) is 10.4. The van der Waals surface area contributed by atoms with Crippen molar-refractivity contribution in [3.63, 3.8) is 0 Å². The van der Waals surface area contributed by atoms with Gasteiger partial charge in [-0.1, -0.05) is 0 Å². The lowest BCUT2D eigenvalue weighted by atomic mass is 10.7. The predicted molar refractivity (Wildman–Crippen MR) is 37.4 cm³/mol. The molecule has 0 aromatic rings. The van der Waals surface area contributed by atoms with Crippen LogP contribution < -0.4 is 10.6 Å². The van der Waals surface area contributed by atoms with Crippen LogP contribution in [0.1, 0.15) is 6.92 Å². The molecule has 3 nitrogen and oxygen atoms in total. The Bertz CT molecular complexity index is 51.6. The number of hydrogen-bond donors (Lipinski definition) is 3. The van der Waals surface area contributed by atoms with Gasteiger partial charge in [-0.05, 0) is 21.0 Å². The second kappa shape index (κ2) is 9.66. The molecule has 0 saturated heterocycles. The van der Waals surface area contributed by atoms with Crippen LogP contribution in [0.2, 0.25) is 0 Å². The third kappa shape index (κ3) is 52.1. The Kier molecular flexibility index (Phi) is 12.6. The summed E-state index contributed by atoms with van der Waals surface area (Å²) in [5.41, 5.74) is 0. The Morgan fingerprint density at radius 2 is 1.38 bits per heavy atom. The molecule has 0 bridgehead atoms. The van der Waals surface area contributed by atoms with Crippen LogP contribution in [0.15, 0.2) is 0 Å². The van der Waals surface area contributed by atoms with Crippen LogP contribution in [0.4, 0.5) is 0 Å². The number of amidine groups is 1. The minimum atomic E-state index is 0.505. The van der Waals surface area contributed by atoms with Crippen molar-refractivity contribution in [2.75, 3.05) is 21.1 Å². The molecule has 0 aromatic carbocycles. The van der Waals surface area contributed by atoms with E-state index in [4.69, 9.17) is 5.41 Å². The highest BCUT2D eigenvalue weighted by atomic mass is 14.9. The maximum Gasteiger partial charge on any atom is 0.0897 e. The van der Waals surface area contributed by atoms with Crippen LogP contribution in [-0.2, 0) is 0 Å². The standard InChI is InChI=1S/C3H8N2.C2H7N/c1-3(4)5-2;1-3-2/h1-2H3,(H2,4,5);3H,1-2H3. The molecule has 3 N–H and O–H groups in total. The zero-order valence-electron chi connectivity index (χ0n) is 6.00. The summed E-state index contributed by atoms with van der Waals surface area (Å²) in [5, 5.41) is 12.0. The summed E-state index contributed by atoms with van der Waals surface area (Å²) in [6, 6.07) is 0. The van der Waals surface area contributed by atoms with Gasteiger partial charge in [0.2, 0.25) is 0 Å². The second-order valence-electron chi connectivity index (χ2n) is 1.38. The Morgan fingerprint density at radius 3 is 1.38 bits per heavy atom. The normalized spacial score (nSPS) is 6.50. The molecular formula is C5H15N3. The zero-order chi connectivity index (χ0) is 6.99. The molecule has 0 fully saturated rings. The van der Waals surface area contributed by atoms with Crippen molar-refractivity contribution in [1.29, 1.82) is 5.41 Å². The Balaban J connectivity index is 0. The van der Waals surface area contributed by atoms with Crippen molar-refractivity contribution in [3.8, 4) is 0 Å². The fourth-order valence-electron chi connectivity index (χ4n) is 0. The minimum absolute atomic E-state index is 0.505. The molecule has 0 amide bonds. The van der Waals surface area contributed by atoms with Gasteiger partial charge in [0.25, 0.3) is 0 Å². The van der Waals surface area contributed by atoms with Crippen LogP contribution in [0, 0.1) is 5.41 Å². The molecule has 0 rings (SSSR count). The van der Waals surface area contributed by atoms with Crippen molar-refractivity contribution < 1.29 is 0 Å². The van der Waals surface area contributed by atoms with Gasteiger partial charge in [0.1, 0.15) is 0 Å². The summed E-state index contributed by atoms with van der Waals surface area (Å²) in [6.45, 7) is 1.69. The number of nitrogens with one attached hydrogen (secondary N) is 3. The maximum absolute atomic E-state index is 6.63. The summed E-state index contributed by atoms with van der Waals surface area (Å²) in [4.78, 5) is 0. The highest BCUT2D eigenvalue weighted by Crippen LogP contribution is 1.47. The van der Waals surface area contributed by atoms with E-state index >= 15 is 0 Å². The highest BCUT2D eigenvalue weighted by Gasteiger charge is 1.65. The van der Waals surface area contributed by atoms with E-state index in [-0.39, 0.29) is 0 Å². The molecule has 0 aliphatic heterocycles. The summed E-state index contributed by atoms with van der Waals surface area (Å²) in [6.07, 6.45) is 0. The molecule has 0 aliphatic rings. The fraction of sp³-hybridized carbons (Fsp3) is 0.800. The SMILES string of the molecule is CNC.CNC(C)=N. The average molecular weight is 117 g/mol. The molecule has 0 aliphatic carbocycles. The average Bonchev–Trinajstić information content (AvgIpc) is 1.69. The van der Waals surface area contributed by atoms with Crippen molar-refractivity contribution >= 4 is 5.84 Å². The lowest BCUT2D eigenvalue weighted by Gasteiger charge is -1.85. The first-order valence-electron chi connectivity index (χ1n) is 2.50. The molecule has 50 valence electrons. The van der Waals surface area contributed by atoms with Crippen LogP contribution in [0.25, 0.3) is 0 Å². The van der Waals surface area contributed by atoms with E-state index < -0.39 is 0 Å². The van der Waals surface area contributed by atoms with Crippen LogP contribution in [-0.4, -0.2) is 27.0 Å². The topological polar surface area (TPSA) is 47.9 Å². The molecule has 0 atom stereocenters. The van der Waals surface area contributed by atoms with Crippen molar-refractivity contribution in [1.82, 2.24) is 10.6 Å². The van der Waals surface area contributed by atoms with Crippen LogP contribution >= 0.6 is 0 Å². The van der Waals surface area contributed by atoms with Crippen molar-refractivity contribution in [2.45, 2.75) is 6.92 Å². The lowest BCUT2D eigenvalue weighted by Crippen LogP contribution is -2.10. The Hall–Kier alpha value is -0.570. The predicted octanol–water partition coefficient (Wildman–Crippen LogP) is 0.0386. The van der Waals surface area contributed by atoms with Gasteiger partial charge in [-0.25, -0.2) is 0 Å². The van der Waals surface area contributed by atoms with Crippen molar-refractivity contribution in [3.05, 3.63) is 0 Å². The van der Waals surface area contributed by atoms with Gasteiger partial charge in [-0.15, -0.1) is 0 Å². The lowest BCUT2D eigenvalue weighted by molar-refractivity contribution is 1.02. The number of hydrogen-bond acceptors (Lipinski definition) is 2. The van der Waals surface area contributed by atoms with E-state index in [1.165, 1.54) is 0 Å². The summed E-state index contributed by atoms with van der Waals surface area (Å²) < 4.78 is 0. The van der Waals surface area contributed by atoms with Gasteiger partial charge in [0.15, 0.2) is 0 Å². The summed E-state index contributed by atoms with van der Waals surface area (Å²) in [7, 11) is 5.47. The van der Waals surface area contributed by atoms with Gasteiger partial charge in [-0.2, -0.15) is 0 Å². The Labute approximate surface area is 51.0 Å². The van der Waals surface area contributed by atoms with Gasteiger partial charge < -0.3 is 10.6 Å². The monoisotopic (exact) mass is 117 g/mol. The minimum Gasteiger partial charge on any atom is -0.377 e. The first-order chi connectivity index (χ1) is 3.68. The Morgan fingerprint density at radius 1 is 1.25 bits per heavy atom. The smallest absolute Gasteiger partial charge is 0.0897 e. The summed E-state index contributed by atoms with van der Waals surface area (Å²) in [5.74, 6) is 0.505. The molecule has 0 radical (unpaired) electrons. The van der Waals surface area contributed by atoms with Gasteiger partial charge in [0, 0.05) is 7.05 Å². The molecule has 0 spiro atoms. The fourth-order valence-corrected chi connectivity index (χ4v) is 0. The molecule has 8 heavy (non-hydrogen) atoms. The molecule has 3 heteroatoms. The number of rotatable bonds is 0. The third-order valence-corrected chi connectivity index (χ3v) is 0.375. The first-order valence-corrected chi connectivity index (χ1v) is 2.50. The van der Waals surface area contributed by atoms with E-state index in [0.29, 0.717) is 5.84 Å². The van der Waals surface area contributed by atoms with Crippen molar-refractivity contribution in [2.24, 2.45) is 0 Å². The van der Waals surface area contributed by atoms with E-state index in [2.05, 4.69) is 10.6 Å².